The van der Waals surface area contributed by atoms with Gasteiger partial charge in [0.05, 0.1) is 10.0 Å². The monoisotopic (exact) mass is 454 g/mol. The molecule has 0 bridgehead atoms. The second-order valence-electron chi connectivity index (χ2n) is 7.18. The molecule has 1 saturated heterocycles. The minimum absolute atomic E-state index is 0.0678. The van der Waals surface area contributed by atoms with Crippen LogP contribution in [0.3, 0.4) is 0 Å². The molecule has 2 aromatic rings. The van der Waals surface area contributed by atoms with Crippen molar-refractivity contribution in [1.82, 2.24) is 4.31 Å². The molecule has 0 aromatic heterocycles. The lowest BCUT2D eigenvalue weighted by Crippen LogP contribution is -2.41. The number of amides is 1. The molecule has 1 heterocycles. The summed E-state index contributed by atoms with van der Waals surface area (Å²) >= 11 is 12.2. The Bertz CT molecular complexity index is 996. The van der Waals surface area contributed by atoms with Gasteiger partial charge < -0.3 is 5.32 Å². The van der Waals surface area contributed by atoms with Gasteiger partial charge in [0.15, 0.2) is 0 Å². The van der Waals surface area contributed by atoms with Gasteiger partial charge >= 0.3 is 0 Å². The molecule has 8 heteroatoms. The van der Waals surface area contributed by atoms with Crippen LogP contribution in [0.1, 0.15) is 30.9 Å². The highest BCUT2D eigenvalue weighted by Crippen LogP contribution is 2.33. The van der Waals surface area contributed by atoms with E-state index in [-0.39, 0.29) is 39.9 Å². The van der Waals surface area contributed by atoms with Gasteiger partial charge in [-0.15, -0.1) is 0 Å². The molecule has 2 aromatic carbocycles. The Morgan fingerprint density at radius 2 is 1.69 bits per heavy atom. The van der Waals surface area contributed by atoms with Crippen LogP contribution in [-0.2, 0) is 21.2 Å². The third kappa shape index (κ3) is 4.61. The summed E-state index contributed by atoms with van der Waals surface area (Å²) in [7, 11) is -3.81. The quantitative estimate of drug-likeness (QED) is 0.697. The number of anilines is 1. The molecule has 0 radical (unpaired) electrons. The van der Waals surface area contributed by atoms with E-state index in [4.69, 9.17) is 23.2 Å². The van der Waals surface area contributed by atoms with Crippen molar-refractivity contribution in [3.8, 4) is 0 Å². The van der Waals surface area contributed by atoms with Gasteiger partial charge in [-0.3, -0.25) is 4.79 Å². The summed E-state index contributed by atoms with van der Waals surface area (Å²) in [5.74, 6) is -0.311. The molecule has 5 nitrogen and oxygen atoms in total. The van der Waals surface area contributed by atoms with Crippen LogP contribution in [0.15, 0.2) is 41.3 Å². The van der Waals surface area contributed by atoms with E-state index in [0.717, 1.165) is 23.2 Å². The molecule has 0 unspecified atom stereocenters. The zero-order valence-corrected chi connectivity index (χ0v) is 18.7. The number of nitrogens with zero attached hydrogens (tertiary/aromatic N) is 1. The second kappa shape index (κ2) is 9.04. The van der Waals surface area contributed by atoms with Crippen molar-refractivity contribution in [1.29, 1.82) is 0 Å². The number of sulfonamides is 1. The van der Waals surface area contributed by atoms with E-state index in [2.05, 4.69) is 5.32 Å². The van der Waals surface area contributed by atoms with Crippen molar-refractivity contribution in [3.63, 3.8) is 0 Å². The van der Waals surface area contributed by atoms with Crippen LogP contribution in [-0.4, -0.2) is 31.7 Å². The summed E-state index contributed by atoms with van der Waals surface area (Å²) in [4.78, 5) is 12.7. The van der Waals surface area contributed by atoms with Gasteiger partial charge in [0.25, 0.3) is 0 Å². The molecule has 1 aliphatic rings. The molecule has 0 spiro atoms. The van der Waals surface area contributed by atoms with E-state index in [1.165, 1.54) is 16.4 Å². The molecule has 1 aliphatic heterocycles. The van der Waals surface area contributed by atoms with E-state index in [0.29, 0.717) is 12.8 Å². The number of hydrogen-bond donors (Lipinski definition) is 1. The number of carbonyl (C=O) groups is 1. The zero-order chi connectivity index (χ0) is 21.2. The number of carbonyl (C=O) groups excluding carboxylic acids is 1. The second-order valence-corrected chi connectivity index (χ2v) is 9.87. The fraction of sp³-hybridized carbons (Fsp3) is 0.381. The van der Waals surface area contributed by atoms with Gasteiger partial charge in [-0.1, -0.05) is 54.4 Å². The van der Waals surface area contributed by atoms with Crippen molar-refractivity contribution in [2.45, 2.75) is 38.0 Å². The van der Waals surface area contributed by atoms with E-state index in [1.54, 1.807) is 6.07 Å². The van der Waals surface area contributed by atoms with Crippen LogP contribution in [0.25, 0.3) is 0 Å². The maximum absolute atomic E-state index is 13.0. The number of halogens is 2. The molecule has 0 aliphatic carbocycles. The maximum atomic E-state index is 13.0. The Hall–Kier alpha value is -1.60. The first-order chi connectivity index (χ1) is 13.8. The Morgan fingerprint density at radius 1 is 1.10 bits per heavy atom. The lowest BCUT2D eigenvalue weighted by molar-refractivity contribution is -0.120. The van der Waals surface area contributed by atoms with Crippen LogP contribution >= 0.6 is 23.2 Å². The highest BCUT2D eigenvalue weighted by Gasteiger charge is 2.34. The van der Waals surface area contributed by atoms with E-state index >= 15 is 0 Å². The summed E-state index contributed by atoms with van der Waals surface area (Å²) < 4.78 is 27.3. The summed E-state index contributed by atoms with van der Waals surface area (Å²) in [6.45, 7) is 4.51. The standard InChI is InChI=1S/C21H24Cl2N2O3S/c1-3-15-7-4-6-14(2)19(15)24-21(26)16-10-12-25(13-11-16)29(27,28)20-17(22)8-5-9-18(20)23/h4-9,16H,3,10-13H2,1-2H3,(H,24,26). The van der Waals surface area contributed by atoms with Crippen molar-refractivity contribution in [3.05, 3.63) is 57.6 Å². The molecule has 1 amide bonds. The number of aryl methyl sites for hydroxylation is 2. The fourth-order valence-electron chi connectivity index (χ4n) is 3.64. The highest BCUT2D eigenvalue weighted by atomic mass is 35.5. The molecule has 1 N–H and O–H groups in total. The third-order valence-electron chi connectivity index (χ3n) is 5.33. The van der Waals surface area contributed by atoms with Gasteiger partial charge in [0.2, 0.25) is 15.9 Å². The lowest BCUT2D eigenvalue weighted by Gasteiger charge is -2.31. The summed E-state index contributed by atoms with van der Waals surface area (Å²) in [6.07, 6.45) is 1.72. The predicted octanol–water partition coefficient (Wildman–Crippen LogP) is 4.90. The molecular weight excluding hydrogens is 431 g/mol. The average Bonchev–Trinajstić information content (AvgIpc) is 2.69. The highest BCUT2D eigenvalue weighted by molar-refractivity contribution is 7.89. The summed E-state index contributed by atoms with van der Waals surface area (Å²) in [5, 5.41) is 3.26. The topological polar surface area (TPSA) is 66.5 Å². The number of piperidine rings is 1. The number of para-hydroxylation sites is 1. The van der Waals surface area contributed by atoms with Gasteiger partial charge in [-0.2, -0.15) is 4.31 Å². The number of nitrogens with one attached hydrogen (secondary N) is 1. The normalized spacial score (nSPS) is 16.0. The first kappa shape index (κ1) is 22.1. The van der Waals surface area contributed by atoms with Crippen LogP contribution in [0.5, 0.6) is 0 Å². The van der Waals surface area contributed by atoms with Crippen molar-refractivity contribution in [2.75, 3.05) is 18.4 Å². The lowest BCUT2D eigenvalue weighted by atomic mass is 9.96. The van der Waals surface area contributed by atoms with Gasteiger partial charge in [-0.05, 0) is 49.4 Å². The molecule has 156 valence electrons. The Kier molecular flexibility index (Phi) is 6.89. The molecule has 1 fully saturated rings. The number of rotatable bonds is 5. The van der Waals surface area contributed by atoms with Crippen LogP contribution in [0, 0.1) is 12.8 Å². The first-order valence-electron chi connectivity index (χ1n) is 9.59. The van der Waals surface area contributed by atoms with Crippen LogP contribution in [0.2, 0.25) is 10.0 Å². The third-order valence-corrected chi connectivity index (χ3v) is 8.18. The van der Waals surface area contributed by atoms with Crippen molar-refractivity contribution >= 4 is 44.8 Å². The molecule has 3 rings (SSSR count). The van der Waals surface area contributed by atoms with Gasteiger partial charge in [0, 0.05) is 24.7 Å². The molecule has 29 heavy (non-hydrogen) atoms. The predicted molar refractivity (Wildman–Crippen MR) is 117 cm³/mol. The first-order valence-corrected chi connectivity index (χ1v) is 11.8. The number of hydrogen-bond acceptors (Lipinski definition) is 3. The minimum Gasteiger partial charge on any atom is -0.325 e. The average molecular weight is 455 g/mol. The maximum Gasteiger partial charge on any atom is 0.246 e. The van der Waals surface area contributed by atoms with Gasteiger partial charge in [-0.25, -0.2) is 8.42 Å². The summed E-state index contributed by atoms with van der Waals surface area (Å²) in [5.41, 5.74) is 2.97. The Balaban J connectivity index is 1.70. The molecule has 0 saturated carbocycles. The van der Waals surface area contributed by atoms with Crippen molar-refractivity contribution in [2.24, 2.45) is 5.92 Å². The zero-order valence-electron chi connectivity index (χ0n) is 16.4. The summed E-state index contributed by atoms with van der Waals surface area (Å²) in [6, 6.07) is 10.6. The Labute approximate surface area is 182 Å². The van der Waals surface area contributed by atoms with E-state index in [9.17, 15) is 13.2 Å². The SMILES string of the molecule is CCc1cccc(C)c1NC(=O)C1CCN(S(=O)(=O)c2c(Cl)cccc2Cl)CC1. The molecular formula is C21H24Cl2N2O3S. The minimum atomic E-state index is -3.81. The fourth-order valence-corrected chi connectivity index (χ4v) is 6.20. The molecule has 0 atom stereocenters. The van der Waals surface area contributed by atoms with E-state index in [1.807, 2.05) is 32.0 Å². The number of benzene rings is 2. The Morgan fingerprint density at radius 3 is 2.28 bits per heavy atom. The van der Waals surface area contributed by atoms with E-state index < -0.39 is 10.0 Å². The largest absolute Gasteiger partial charge is 0.325 e. The van der Waals surface area contributed by atoms with Crippen LogP contribution < -0.4 is 5.32 Å². The smallest absolute Gasteiger partial charge is 0.246 e. The van der Waals surface area contributed by atoms with Crippen LogP contribution in [0.4, 0.5) is 5.69 Å². The van der Waals surface area contributed by atoms with Crippen molar-refractivity contribution < 1.29 is 13.2 Å². The van der Waals surface area contributed by atoms with Gasteiger partial charge in [0.1, 0.15) is 4.90 Å².